The summed E-state index contributed by atoms with van der Waals surface area (Å²) in [6.07, 6.45) is 0. The number of anilines is 1. The zero-order valence-electron chi connectivity index (χ0n) is 22.5. The van der Waals surface area contributed by atoms with Crippen molar-refractivity contribution in [2.24, 2.45) is 0 Å². The first-order valence-corrected chi connectivity index (χ1v) is 14.8. The maximum absolute atomic E-state index is 13.2. The van der Waals surface area contributed by atoms with E-state index in [-0.39, 0.29) is 34.6 Å². The van der Waals surface area contributed by atoms with E-state index in [0.717, 1.165) is 16.9 Å². The fourth-order valence-electron chi connectivity index (χ4n) is 4.66. The summed E-state index contributed by atoms with van der Waals surface area (Å²) in [5.41, 5.74) is 1.64. The molecule has 5 rings (SSSR count). The predicted octanol–water partition coefficient (Wildman–Crippen LogP) is 5.38. The summed E-state index contributed by atoms with van der Waals surface area (Å²) in [6, 6.07) is 11.6. The molecule has 11 nitrogen and oxygen atoms in total. The van der Waals surface area contributed by atoms with Gasteiger partial charge in [-0.25, -0.2) is 4.79 Å². The number of non-ortho nitro benzene ring substituents is 1. The fraction of sp³-hybridized carbons (Fsp3) is 0.250. The number of rotatable bonds is 8. The number of nitrogens with zero attached hydrogens (tertiary/aromatic N) is 3. The van der Waals surface area contributed by atoms with Crippen LogP contribution in [0.25, 0.3) is 21.2 Å². The molecule has 2 aromatic heterocycles. The van der Waals surface area contributed by atoms with Gasteiger partial charge in [0.2, 0.25) is 5.91 Å². The normalized spacial score (nSPS) is 13.6. The minimum absolute atomic E-state index is 0.0653. The summed E-state index contributed by atoms with van der Waals surface area (Å²) in [6.45, 7) is 1.75. The number of ether oxygens (including phenoxy) is 2. The summed E-state index contributed by atoms with van der Waals surface area (Å²) in [4.78, 5) is 53.4. The van der Waals surface area contributed by atoms with Crippen molar-refractivity contribution in [3.63, 3.8) is 0 Å². The van der Waals surface area contributed by atoms with Gasteiger partial charge in [0.15, 0.2) is 0 Å². The van der Waals surface area contributed by atoms with E-state index in [4.69, 9.17) is 21.1 Å². The van der Waals surface area contributed by atoms with Gasteiger partial charge in [-0.15, -0.1) is 22.7 Å². The largest absolute Gasteiger partial charge is 0.497 e. The molecule has 0 radical (unpaired) electrons. The van der Waals surface area contributed by atoms with Crippen molar-refractivity contribution in [1.29, 1.82) is 0 Å². The average Bonchev–Trinajstić information content (AvgIpc) is 3.57. The zero-order chi connectivity index (χ0) is 30.0. The zero-order valence-corrected chi connectivity index (χ0v) is 24.9. The van der Waals surface area contributed by atoms with E-state index < -0.39 is 10.9 Å². The smallest absolute Gasteiger partial charge is 0.341 e. The third kappa shape index (κ3) is 5.95. The average molecular weight is 629 g/mol. The molecular formula is C28H25ClN4O7S2. The van der Waals surface area contributed by atoms with Crippen LogP contribution in [0.15, 0.2) is 47.8 Å². The van der Waals surface area contributed by atoms with Crippen LogP contribution in [0, 0.1) is 10.1 Å². The molecule has 42 heavy (non-hydrogen) atoms. The molecule has 3 heterocycles. The predicted molar refractivity (Wildman–Crippen MR) is 162 cm³/mol. The number of hydrogen-bond donors (Lipinski definition) is 1. The van der Waals surface area contributed by atoms with Gasteiger partial charge in [-0.3, -0.25) is 24.6 Å². The second-order valence-corrected chi connectivity index (χ2v) is 11.7. The van der Waals surface area contributed by atoms with E-state index in [1.54, 1.807) is 35.6 Å². The van der Waals surface area contributed by atoms with Crippen LogP contribution in [0.1, 0.15) is 20.0 Å². The molecule has 0 unspecified atom stereocenters. The van der Waals surface area contributed by atoms with Crippen molar-refractivity contribution in [3.05, 3.63) is 73.4 Å². The first-order chi connectivity index (χ1) is 20.2. The van der Waals surface area contributed by atoms with E-state index >= 15 is 0 Å². The number of amides is 2. The van der Waals surface area contributed by atoms with E-state index in [2.05, 4.69) is 5.32 Å². The van der Waals surface area contributed by atoms with Gasteiger partial charge in [0, 0.05) is 59.3 Å². The van der Waals surface area contributed by atoms with Crippen molar-refractivity contribution in [2.45, 2.75) is 0 Å². The highest BCUT2D eigenvalue weighted by atomic mass is 35.5. The lowest BCUT2D eigenvalue weighted by Crippen LogP contribution is -2.50. The van der Waals surface area contributed by atoms with Crippen LogP contribution in [0.3, 0.4) is 0 Å². The summed E-state index contributed by atoms with van der Waals surface area (Å²) < 4.78 is 10.8. The van der Waals surface area contributed by atoms with Gasteiger partial charge >= 0.3 is 5.97 Å². The number of fused-ring (bicyclic) bond motifs is 1. The Labute approximate surface area is 253 Å². The highest BCUT2D eigenvalue weighted by Crippen LogP contribution is 2.39. The summed E-state index contributed by atoms with van der Waals surface area (Å²) in [5.74, 6) is -0.418. The molecule has 218 valence electrons. The lowest BCUT2D eigenvalue weighted by atomic mass is 10.0. The highest BCUT2D eigenvalue weighted by molar-refractivity contribution is 7.21. The number of esters is 1. The Morgan fingerprint density at radius 2 is 1.79 bits per heavy atom. The van der Waals surface area contributed by atoms with Crippen LogP contribution >= 0.6 is 34.3 Å². The van der Waals surface area contributed by atoms with Crippen LogP contribution < -0.4 is 10.1 Å². The third-order valence-electron chi connectivity index (χ3n) is 6.88. The van der Waals surface area contributed by atoms with Gasteiger partial charge in [0.1, 0.15) is 21.2 Å². The van der Waals surface area contributed by atoms with Crippen molar-refractivity contribution in [1.82, 2.24) is 9.80 Å². The van der Waals surface area contributed by atoms with Crippen LogP contribution in [0.4, 0.5) is 10.7 Å². The summed E-state index contributed by atoms with van der Waals surface area (Å²) in [5, 5.41) is 17.0. The molecule has 1 fully saturated rings. The number of hydrogen-bond acceptors (Lipinski definition) is 10. The Balaban J connectivity index is 1.22. The molecule has 0 bridgehead atoms. The molecule has 4 aromatic rings. The molecule has 0 saturated carbocycles. The number of carbonyl (C=O) groups excluding carboxylic acids is 3. The molecule has 1 saturated heterocycles. The lowest BCUT2D eigenvalue weighted by molar-refractivity contribution is -0.384. The van der Waals surface area contributed by atoms with E-state index in [1.165, 1.54) is 30.6 Å². The van der Waals surface area contributed by atoms with Gasteiger partial charge in [0.25, 0.3) is 11.6 Å². The monoisotopic (exact) mass is 628 g/mol. The van der Waals surface area contributed by atoms with Crippen molar-refractivity contribution in [3.8, 4) is 16.9 Å². The molecule has 0 aliphatic carbocycles. The second kappa shape index (κ2) is 12.4. The standard InChI is InChI=1S/C28H25ClN4O7S2/c1-39-18-6-3-16(4-7-18)20-15-41-26(23(20)28(36)40-2)30-22(34)14-31-9-11-32(12-10-31)27(35)25-24(29)19-8-5-17(33(37)38)13-21(19)42-25/h3-8,13,15H,9-12,14H2,1-2H3,(H,30,34). The molecule has 2 aromatic carbocycles. The molecule has 2 amide bonds. The van der Waals surface area contributed by atoms with Crippen molar-refractivity contribution in [2.75, 3.05) is 52.3 Å². The SMILES string of the molecule is COC(=O)c1c(-c2ccc(OC)cc2)csc1NC(=O)CN1CCN(C(=O)c2sc3cc([N+](=O)[O-])ccc3c2Cl)CC1. The van der Waals surface area contributed by atoms with E-state index in [1.807, 2.05) is 17.0 Å². The maximum atomic E-state index is 13.2. The molecule has 0 atom stereocenters. The van der Waals surface area contributed by atoms with Gasteiger partial charge in [-0.05, 0) is 23.8 Å². The number of piperazine rings is 1. The van der Waals surface area contributed by atoms with Gasteiger partial charge in [-0.1, -0.05) is 23.7 Å². The van der Waals surface area contributed by atoms with Crippen LogP contribution in [-0.2, 0) is 9.53 Å². The van der Waals surface area contributed by atoms with Gasteiger partial charge < -0.3 is 19.7 Å². The van der Waals surface area contributed by atoms with Crippen molar-refractivity contribution < 1.29 is 28.8 Å². The van der Waals surface area contributed by atoms with Crippen LogP contribution in [0.2, 0.25) is 5.02 Å². The van der Waals surface area contributed by atoms with Gasteiger partial charge in [0.05, 0.1) is 30.7 Å². The number of halogens is 1. The Kier molecular flexibility index (Phi) is 8.73. The maximum Gasteiger partial charge on any atom is 0.341 e. The lowest BCUT2D eigenvalue weighted by Gasteiger charge is -2.34. The highest BCUT2D eigenvalue weighted by Gasteiger charge is 2.28. The van der Waals surface area contributed by atoms with Crippen LogP contribution in [0.5, 0.6) is 5.75 Å². The number of benzene rings is 2. The number of nitrogens with one attached hydrogen (secondary N) is 1. The van der Waals surface area contributed by atoms with Crippen molar-refractivity contribution >= 4 is 72.8 Å². The first-order valence-electron chi connectivity index (χ1n) is 12.7. The number of nitro groups is 1. The van der Waals surface area contributed by atoms with Gasteiger partial charge in [-0.2, -0.15) is 0 Å². The van der Waals surface area contributed by atoms with E-state index in [0.29, 0.717) is 57.5 Å². The molecule has 1 N–H and O–H groups in total. The Morgan fingerprint density at radius 3 is 2.43 bits per heavy atom. The summed E-state index contributed by atoms with van der Waals surface area (Å²) >= 11 is 8.84. The quantitative estimate of drug-likeness (QED) is 0.156. The number of thiophene rings is 2. The molecule has 0 spiro atoms. The Hall–Kier alpha value is -4.04. The fourth-order valence-corrected chi connectivity index (χ4v) is 7.15. The number of nitro benzene ring substituents is 1. The van der Waals surface area contributed by atoms with E-state index in [9.17, 15) is 24.5 Å². The molecule has 14 heteroatoms. The minimum atomic E-state index is -0.556. The first kappa shape index (κ1) is 29.5. The summed E-state index contributed by atoms with van der Waals surface area (Å²) in [7, 11) is 2.86. The Morgan fingerprint density at radius 1 is 1.07 bits per heavy atom. The number of methoxy groups -OCH3 is 2. The number of carbonyl (C=O) groups is 3. The topological polar surface area (TPSA) is 131 Å². The van der Waals surface area contributed by atoms with Crippen LogP contribution in [-0.4, -0.2) is 79.5 Å². The molecule has 1 aliphatic rings. The minimum Gasteiger partial charge on any atom is -0.497 e. The Bertz CT molecular complexity index is 1680. The second-order valence-electron chi connectivity index (χ2n) is 9.37. The molecular weight excluding hydrogens is 604 g/mol. The third-order valence-corrected chi connectivity index (χ3v) is 9.42. The molecule has 1 aliphatic heterocycles.